The van der Waals surface area contributed by atoms with Gasteiger partial charge in [-0.25, -0.2) is 0 Å². The third-order valence-corrected chi connectivity index (χ3v) is 12.0. The van der Waals surface area contributed by atoms with Crippen molar-refractivity contribution < 1.29 is 93.0 Å². The zero-order chi connectivity index (χ0) is 54.2. The second kappa shape index (κ2) is 26.7. The highest BCUT2D eigenvalue weighted by molar-refractivity contribution is 6.39. The maximum absolute atomic E-state index is 15.4. The van der Waals surface area contributed by atoms with Gasteiger partial charge in [0, 0.05) is 5.54 Å². The molecule has 408 valence electrons. The molecule has 0 aromatic heterocycles. The fraction of sp³-hybridized carbons (Fsp3) is 0.633. The van der Waals surface area contributed by atoms with Gasteiger partial charge in [0.1, 0.15) is 17.2 Å². The van der Waals surface area contributed by atoms with Crippen LogP contribution in [0.4, 0.5) is 84.7 Å². The Hall–Kier alpha value is -4.34. The molecule has 0 amide bonds. The Morgan fingerprint density at radius 1 is 0.347 bits per heavy atom. The van der Waals surface area contributed by atoms with Crippen LogP contribution in [0.2, 0.25) is 0 Å². The Balaban J connectivity index is 2.44. The molecule has 0 saturated carbocycles. The molecule has 0 unspecified atom stereocenters. The minimum absolute atomic E-state index is 0.0249. The van der Waals surface area contributed by atoms with Crippen LogP contribution in [-0.4, -0.2) is 12.9 Å². The number of alkyl halides is 18. The summed E-state index contributed by atoms with van der Waals surface area (Å²) in [5, 5.41) is 2.85. The first-order valence-electron chi connectivity index (χ1n) is 24.0. The second-order valence-electron chi connectivity index (χ2n) is 18.0. The molecule has 4 nitrogen and oxygen atoms in total. The Bertz CT molecular complexity index is 1910. The largest absolute Gasteiger partial charge is 0.864 e. The molecule has 0 aliphatic heterocycles. The first kappa shape index (κ1) is 62.0. The smallest absolute Gasteiger partial charge is 0.490 e. The van der Waals surface area contributed by atoms with Crippen molar-refractivity contribution in [1.82, 2.24) is 0 Å². The van der Waals surface area contributed by atoms with E-state index >= 15 is 13.2 Å². The summed E-state index contributed by atoms with van der Waals surface area (Å²) >= 11 is 0. The van der Waals surface area contributed by atoms with Gasteiger partial charge in [-0.2, -0.15) is 79.0 Å². The van der Waals surface area contributed by atoms with Crippen LogP contribution in [0.5, 0.6) is 17.2 Å². The van der Waals surface area contributed by atoms with E-state index in [1.54, 1.807) is 0 Å². The molecule has 23 heteroatoms. The summed E-state index contributed by atoms with van der Waals surface area (Å²) in [6.45, 7) is 5.95. The summed E-state index contributed by atoms with van der Waals surface area (Å²) < 4.78 is 273. The molecule has 3 aromatic carbocycles. The van der Waals surface area contributed by atoms with Gasteiger partial charge in [0.15, 0.2) is 0 Å². The van der Waals surface area contributed by atoms with Crippen molar-refractivity contribution >= 4 is 13.0 Å². The average Bonchev–Trinajstić information content (AvgIpc) is 3.25. The highest BCUT2D eigenvalue weighted by Crippen LogP contribution is 2.48. The maximum atomic E-state index is 15.4. The van der Waals surface area contributed by atoms with Gasteiger partial charge in [-0.05, 0) is 67.8 Å². The summed E-state index contributed by atoms with van der Waals surface area (Å²) in [5.74, 6) is -4.68. The molecule has 0 fully saturated rings. The van der Waals surface area contributed by atoms with Crippen LogP contribution in [0.25, 0.3) is 0 Å². The van der Waals surface area contributed by atoms with Gasteiger partial charge in [0.05, 0.1) is 39.1 Å². The number of rotatable bonds is 29. The van der Waals surface area contributed by atoms with Crippen LogP contribution in [0.3, 0.4) is 0 Å². The zero-order valence-electron chi connectivity index (χ0n) is 40.1. The summed E-state index contributed by atoms with van der Waals surface area (Å²) in [5.41, 5.74) is -15.1. The highest BCUT2D eigenvalue weighted by Gasteiger charge is 2.46. The zero-order valence-corrected chi connectivity index (χ0v) is 40.1. The molecule has 0 atom stereocenters. The van der Waals surface area contributed by atoms with Crippen LogP contribution >= 0.6 is 0 Å². The number of unbranched alkanes of at least 4 members (excludes halogenated alkanes) is 15. The number of nitrogens with one attached hydrogen (secondary N) is 1. The van der Waals surface area contributed by atoms with E-state index in [1.807, 2.05) is 20.8 Å². The number of benzene rings is 3. The second-order valence-corrected chi connectivity index (χ2v) is 18.0. The molecule has 3 aromatic rings. The topological polar surface area (TPSA) is 39.7 Å². The van der Waals surface area contributed by atoms with Crippen molar-refractivity contribution in [1.29, 1.82) is 0 Å². The predicted octanol–water partition coefficient (Wildman–Crippen LogP) is 19.7. The van der Waals surface area contributed by atoms with Crippen LogP contribution in [0, 0.1) is 0 Å². The molecular weight excluding hydrogens is 1000 g/mol. The van der Waals surface area contributed by atoms with Crippen LogP contribution < -0.4 is 19.3 Å². The minimum atomic E-state index is -5.68. The van der Waals surface area contributed by atoms with E-state index in [-0.39, 0.29) is 55.7 Å². The maximum Gasteiger partial charge on any atom is 0.864 e. The van der Waals surface area contributed by atoms with Gasteiger partial charge >= 0.3 is 44.4 Å². The van der Waals surface area contributed by atoms with E-state index in [0.717, 1.165) is 77.0 Å². The van der Waals surface area contributed by atoms with E-state index in [4.69, 9.17) is 14.0 Å². The molecule has 3 rings (SSSR count). The standard InChI is InChI=1S/C49H60BF18NO3/c1-4-7-10-13-16-19-22-43(23-20-17-14-11-8-5-2,24-21-18-15-12-9-6-3)69-42-40(49(66,67)68)31-37(48(63,64)65)32-41(42)72-50(70-38-27-33(44(51,52)53)25-34(28-38)45(54,55)56)71-39-29-35(46(57,58)59)26-36(30-39)47(60,61)62/h25-32,69H,4-24H2,1-3H3. The lowest BCUT2D eigenvalue weighted by molar-refractivity contribution is -0.144. The molecule has 0 heterocycles. The first-order valence-corrected chi connectivity index (χ1v) is 24.0. The van der Waals surface area contributed by atoms with Crippen molar-refractivity contribution in [3.05, 3.63) is 81.9 Å². The van der Waals surface area contributed by atoms with Crippen LogP contribution in [0.15, 0.2) is 48.5 Å². The van der Waals surface area contributed by atoms with Gasteiger partial charge < -0.3 is 19.3 Å². The number of anilines is 1. The van der Waals surface area contributed by atoms with E-state index in [0.29, 0.717) is 38.5 Å². The van der Waals surface area contributed by atoms with Crippen molar-refractivity contribution in [3.63, 3.8) is 0 Å². The Labute approximate surface area is 408 Å². The van der Waals surface area contributed by atoms with Gasteiger partial charge in [-0.15, -0.1) is 0 Å². The van der Waals surface area contributed by atoms with Gasteiger partial charge in [-0.3, -0.25) is 0 Å². The molecule has 0 bridgehead atoms. The Morgan fingerprint density at radius 2 is 0.639 bits per heavy atom. The lowest BCUT2D eigenvalue weighted by Gasteiger charge is -2.38. The molecule has 1 N–H and O–H groups in total. The Kier molecular flexibility index (Phi) is 23.0. The summed E-state index contributed by atoms with van der Waals surface area (Å²) in [6, 6.07) is -1.63. The first-order chi connectivity index (χ1) is 33.3. The Morgan fingerprint density at radius 3 is 0.931 bits per heavy atom. The molecule has 72 heavy (non-hydrogen) atoms. The van der Waals surface area contributed by atoms with E-state index in [1.165, 1.54) is 0 Å². The summed E-state index contributed by atoms with van der Waals surface area (Å²) in [6.07, 6.45) is -20.2. The van der Waals surface area contributed by atoms with Crippen molar-refractivity contribution in [2.45, 2.75) is 198 Å². The molecule has 0 aliphatic carbocycles. The fourth-order valence-corrected chi connectivity index (χ4v) is 8.17. The van der Waals surface area contributed by atoms with Gasteiger partial charge in [0.25, 0.3) is 0 Å². The third-order valence-electron chi connectivity index (χ3n) is 12.0. The summed E-state index contributed by atoms with van der Waals surface area (Å²) in [4.78, 5) is 0. The van der Waals surface area contributed by atoms with Crippen LogP contribution in [0.1, 0.15) is 189 Å². The third kappa shape index (κ3) is 20.5. The fourth-order valence-electron chi connectivity index (χ4n) is 8.17. The van der Waals surface area contributed by atoms with Crippen molar-refractivity contribution in [3.8, 4) is 17.2 Å². The van der Waals surface area contributed by atoms with Crippen molar-refractivity contribution in [2.75, 3.05) is 5.32 Å². The number of hydrogen-bond donors (Lipinski definition) is 1. The molecule has 0 spiro atoms. The monoisotopic (exact) mass is 1060 g/mol. The lowest BCUT2D eigenvalue weighted by atomic mass is 9.81. The highest BCUT2D eigenvalue weighted by atomic mass is 19.4. The van der Waals surface area contributed by atoms with Gasteiger partial charge in [0.2, 0.25) is 0 Å². The molecular formula is C49H60BF18NO3. The van der Waals surface area contributed by atoms with E-state index in [9.17, 15) is 65.9 Å². The molecule has 0 radical (unpaired) electrons. The SMILES string of the molecule is CCCCCCCCC(CCCCCCCC)(CCCCCCCC)Nc1c(OB(Oc2cc(C(F)(F)F)cc(C(F)(F)F)c2)Oc2cc(C(F)(F)F)cc(C(F)(F)F)c2)cc(C(F)(F)F)cc1C(F)(F)F. The minimum Gasteiger partial charge on any atom is -0.490 e. The average molecular weight is 1060 g/mol. The van der Waals surface area contributed by atoms with Crippen LogP contribution in [-0.2, 0) is 37.1 Å². The van der Waals surface area contributed by atoms with Crippen molar-refractivity contribution in [2.24, 2.45) is 0 Å². The molecule has 0 aliphatic rings. The molecule has 0 saturated heterocycles. The quantitative estimate of drug-likeness (QED) is 0.0427. The predicted molar refractivity (Wildman–Crippen MR) is 237 cm³/mol. The van der Waals surface area contributed by atoms with Gasteiger partial charge in [-0.1, -0.05) is 136 Å². The van der Waals surface area contributed by atoms with E-state index in [2.05, 4.69) is 5.32 Å². The lowest BCUT2D eigenvalue weighted by Crippen LogP contribution is -2.41. The number of halogens is 18. The summed E-state index contributed by atoms with van der Waals surface area (Å²) in [7, 11) is -3.30. The van der Waals surface area contributed by atoms with E-state index < -0.39 is 118 Å². The normalized spacial score (nSPS) is 13.1. The number of hydrogen-bond acceptors (Lipinski definition) is 4.